The molecule has 15 heavy (non-hydrogen) atoms. The van der Waals surface area contributed by atoms with Crippen LogP contribution in [0.1, 0.15) is 19.8 Å². The summed E-state index contributed by atoms with van der Waals surface area (Å²) in [4.78, 5) is 22.8. The molecule has 1 rings (SSSR count). The number of carbonyl (C=O) groups is 2. The van der Waals surface area contributed by atoms with Gasteiger partial charge in [-0.15, -0.1) is 0 Å². The molecule has 1 saturated heterocycles. The number of carboxylic acids is 1. The van der Waals surface area contributed by atoms with Crippen LogP contribution < -0.4 is 0 Å². The maximum atomic E-state index is 12.7. The van der Waals surface area contributed by atoms with Crippen molar-refractivity contribution in [3.63, 3.8) is 0 Å². The molecular weight excluding hydrogens is 208 g/mol. The molecule has 1 unspecified atom stereocenters. The van der Waals surface area contributed by atoms with Gasteiger partial charge in [0.2, 0.25) is 0 Å². The number of nitrogens with zero attached hydrogens (tertiary/aromatic N) is 1. The minimum atomic E-state index is -3.42. The SMILES string of the molecule is CC(F)(F)C(=O)N1CCCC(C(=O)O)C1. The molecule has 0 aromatic carbocycles. The summed E-state index contributed by atoms with van der Waals surface area (Å²) in [6.45, 7) is 0.628. The molecule has 0 bridgehead atoms. The highest BCUT2D eigenvalue weighted by molar-refractivity contribution is 5.83. The average molecular weight is 221 g/mol. The lowest BCUT2D eigenvalue weighted by atomic mass is 9.98. The molecule has 0 saturated carbocycles. The quantitative estimate of drug-likeness (QED) is 0.755. The van der Waals surface area contributed by atoms with Gasteiger partial charge in [-0.2, -0.15) is 8.78 Å². The second kappa shape index (κ2) is 4.12. The highest BCUT2D eigenvalue weighted by Crippen LogP contribution is 2.22. The molecule has 0 radical (unpaired) electrons. The number of halogens is 2. The van der Waals surface area contributed by atoms with Gasteiger partial charge in [-0.25, -0.2) is 0 Å². The van der Waals surface area contributed by atoms with Gasteiger partial charge in [0.15, 0.2) is 0 Å². The van der Waals surface area contributed by atoms with E-state index in [1.54, 1.807) is 0 Å². The van der Waals surface area contributed by atoms with Crippen molar-refractivity contribution < 1.29 is 23.5 Å². The van der Waals surface area contributed by atoms with Crippen molar-refractivity contribution in [3.8, 4) is 0 Å². The van der Waals surface area contributed by atoms with Gasteiger partial charge in [-0.05, 0) is 12.8 Å². The maximum Gasteiger partial charge on any atom is 0.322 e. The van der Waals surface area contributed by atoms with E-state index in [9.17, 15) is 18.4 Å². The maximum absolute atomic E-state index is 12.7. The Kier molecular flexibility index (Phi) is 3.26. The Labute approximate surface area is 85.9 Å². The molecule has 1 heterocycles. The van der Waals surface area contributed by atoms with Crippen LogP contribution in [-0.4, -0.2) is 40.9 Å². The molecule has 1 N–H and O–H groups in total. The number of carbonyl (C=O) groups excluding carboxylic acids is 1. The second-order valence-electron chi connectivity index (χ2n) is 3.82. The fourth-order valence-electron chi connectivity index (χ4n) is 1.64. The summed E-state index contributed by atoms with van der Waals surface area (Å²) >= 11 is 0. The lowest BCUT2D eigenvalue weighted by molar-refractivity contribution is -0.159. The molecule has 1 amide bonds. The molecule has 0 aliphatic carbocycles. The number of likely N-dealkylation sites (tertiary alicyclic amines) is 1. The number of rotatable bonds is 2. The Hall–Kier alpha value is -1.20. The van der Waals surface area contributed by atoms with Gasteiger partial charge in [0.05, 0.1) is 5.92 Å². The molecule has 1 fully saturated rings. The van der Waals surface area contributed by atoms with Crippen molar-refractivity contribution >= 4 is 11.9 Å². The molecular formula is C9H13F2NO3. The molecule has 1 atom stereocenters. The van der Waals surface area contributed by atoms with E-state index in [2.05, 4.69) is 0 Å². The first kappa shape index (κ1) is 11.9. The lowest BCUT2D eigenvalue weighted by Gasteiger charge is -2.32. The van der Waals surface area contributed by atoms with Crippen molar-refractivity contribution in [1.82, 2.24) is 4.90 Å². The summed E-state index contributed by atoms with van der Waals surface area (Å²) in [6, 6.07) is 0. The first-order chi connectivity index (χ1) is 6.82. The lowest BCUT2D eigenvalue weighted by Crippen LogP contribution is -2.48. The highest BCUT2D eigenvalue weighted by atomic mass is 19.3. The van der Waals surface area contributed by atoms with Crippen LogP contribution in [-0.2, 0) is 9.59 Å². The Morgan fingerprint density at radius 1 is 1.47 bits per heavy atom. The molecule has 86 valence electrons. The van der Waals surface area contributed by atoms with Crippen molar-refractivity contribution in [2.45, 2.75) is 25.7 Å². The van der Waals surface area contributed by atoms with E-state index in [1.165, 1.54) is 0 Å². The third-order valence-corrected chi connectivity index (χ3v) is 2.43. The Morgan fingerprint density at radius 2 is 2.07 bits per heavy atom. The van der Waals surface area contributed by atoms with Crippen LogP contribution in [0.15, 0.2) is 0 Å². The summed E-state index contributed by atoms with van der Waals surface area (Å²) in [5.74, 6) is -6.45. The van der Waals surface area contributed by atoms with Crippen LogP contribution in [0.5, 0.6) is 0 Å². The van der Waals surface area contributed by atoms with Gasteiger partial charge in [-0.1, -0.05) is 0 Å². The van der Waals surface area contributed by atoms with Crippen molar-refractivity contribution in [2.24, 2.45) is 5.92 Å². The molecule has 0 aromatic rings. The second-order valence-corrected chi connectivity index (χ2v) is 3.82. The predicted molar refractivity (Wildman–Crippen MR) is 47.6 cm³/mol. The molecule has 1 aliphatic rings. The van der Waals surface area contributed by atoms with Gasteiger partial charge in [-0.3, -0.25) is 9.59 Å². The van der Waals surface area contributed by atoms with E-state index in [1.807, 2.05) is 0 Å². The average Bonchev–Trinajstić information content (AvgIpc) is 2.15. The van der Waals surface area contributed by atoms with Crippen molar-refractivity contribution in [3.05, 3.63) is 0 Å². The van der Waals surface area contributed by atoms with Crippen LogP contribution in [0.4, 0.5) is 8.78 Å². The third-order valence-electron chi connectivity index (χ3n) is 2.43. The number of alkyl halides is 2. The van der Waals surface area contributed by atoms with Gasteiger partial charge >= 0.3 is 11.9 Å². The number of piperidine rings is 1. The molecule has 4 nitrogen and oxygen atoms in total. The Balaban J connectivity index is 2.64. The van der Waals surface area contributed by atoms with E-state index in [4.69, 9.17) is 5.11 Å². The Bertz CT molecular complexity index is 275. The predicted octanol–water partition coefficient (Wildman–Crippen LogP) is 0.965. The molecule has 6 heteroatoms. The van der Waals surface area contributed by atoms with Crippen LogP contribution in [0.3, 0.4) is 0 Å². The summed E-state index contributed by atoms with van der Waals surface area (Å²) in [6.07, 6.45) is 0.896. The van der Waals surface area contributed by atoms with Crippen LogP contribution in [0, 0.1) is 5.92 Å². The smallest absolute Gasteiger partial charge is 0.322 e. The summed E-state index contributed by atoms with van der Waals surface area (Å²) in [5, 5.41) is 8.72. The van der Waals surface area contributed by atoms with Crippen LogP contribution >= 0.6 is 0 Å². The fraction of sp³-hybridized carbons (Fsp3) is 0.778. The monoisotopic (exact) mass is 221 g/mol. The standard InChI is InChI=1S/C9H13F2NO3/c1-9(10,11)8(15)12-4-2-3-6(5-12)7(13)14/h6H,2-5H2,1H3,(H,13,14). The van der Waals surface area contributed by atoms with E-state index in [0.29, 0.717) is 19.8 Å². The first-order valence-corrected chi connectivity index (χ1v) is 4.72. The van der Waals surface area contributed by atoms with E-state index in [-0.39, 0.29) is 13.1 Å². The largest absolute Gasteiger partial charge is 0.481 e. The first-order valence-electron chi connectivity index (χ1n) is 4.72. The highest BCUT2D eigenvalue weighted by Gasteiger charge is 2.39. The zero-order valence-electron chi connectivity index (χ0n) is 8.37. The fourth-order valence-corrected chi connectivity index (χ4v) is 1.64. The molecule has 0 aromatic heterocycles. The normalized spacial score (nSPS) is 22.6. The summed E-state index contributed by atoms with van der Waals surface area (Å²) in [7, 11) is 0. The third kappa shape index (κ3) is 2.87. The van der Waals surface area contributed by atoms with Gasteiger partial charge in [0, 0.05) is 20.0 Å². The van der Waals surface area contributed by atoms with E-state index in [0.717, 1.165) is 4.90 Å². The van der Waals surface area contributed by atoms with Crippen molar-refractivity contribution in [2.75, 3.05) is 13.1 Å². The van der Waals surface area contributed by atoms with Crippen molar-refractivity contribution in [1.29, 1.82) is 0 Å². The van der Waals surface area contributed by atoms with Crippen LogP contribution in [0.25, 0.3) is 0 Å². The zero-order valence-corrected chi connectivity index (χ0v) is 8.37. The van der Waals surface area contributed by atoms with Crippen LogP contribution in [0.2, 0.25) is 0 Å². The minimum Gasteiger partial charge on any atom is -0.481 e. The topological polar surface area (TPSA) is 57.6 Å². The van der Waals surface area contributed by atoms with Gasteiger partial charge < -0.3 is 10.0 Å². The number of aliphatic carboxylic acids is 1. The number of hydrogen-bond acceptors (Lipinski definition) is 2. The Morgan fingerprint density at radius 3 is 2.53 bits per heavy atom. The minimum absolute atomic E-state index is 0.113. The number of carboxylic acid groups (broad SMARTS) is 1. The van der Waals surface area contributed by atoms with Gasteiger partial charge in [0.1, 0.15) is 0 Å². The molecule has 1 aliphatic heterocycles. The summed E-state index contributed by atoms with van der Waals surface area (Å²) in [5.41, 5.74) is 0. The molecule has 0 spiro atoms. The number of amides is 1. The summed E-state index contributed by atoms with van der Waals surface area (Å²) < 4.78 is 25.4. The van der Waals surface area contributed by atoms with E-state index >= 15 is 0 Å². The van der Waals surface area contributed by atoms with Gasteiger partial charge in [0.25, 0.3) is 5.91 Å². The zero-order chi connectivity index (χ0) is 11.6. The van der Waals surface area contributed by atoms with E-state index < -0.39 is 23.7 Å². The number of hydrogen-bond donors (Lipinski definition) is 1.